The van der Waals surface area contributed by atoms with E-state index in [0.29, 0.717) is 0 Å². The van der Waals surface area contributed by atoms with Gasteiger partial charge in [0, 0.05) is 4.90 Å². The predicted molar refractivity (Wildman–Crippen MR) is 61.3 cm³/mol. The summed E-state index contributed by atoms with van der Waals surface area (Å²) in [4.78, 5) is 1.20. The Morgan fingerprint density at radius 1 is 1.43 bits per heavy atom. The lowest BCUT2D eigenvalue weighted by Crippen LogP contribution is -1.89. The van der Waals surface area contributed by atoms with Crippen molar-refractivity contribution < 1.29 is 0 Å². The highest BCUT2D eigenvalue weighted by Gasteiger charge is 1.97. The number of hydrogen-bond donors (Lipinski definition) is 0. The van der Waals surface area contributed by atoms with Crippen LogP contribution in [0.3, 0.4) is 0 Å². The topological polar surface area (TPSA) is 23.8 Å². The van der Waals surface area contributed by atoms with Gasteiger partial charge in [-0.15, -0.1) is 11.8 Å². The Kier molecular flexibility index (Phi) is 4.55. The molecule has 0 bridgehead atoms. The minimum Gasteiger partial charge on any atom is -0.192 e. The lowest BCUT2D eigenvalue weighted by atomic mass is 10.2. The van der Waals surface area contributed by atoms with Crippen molar-refractivity contribution in [3.8, 4) is 6.07 Å². The molecule has 0 aliphatic rings. The van der Waals surface area contributed by atoms with E-state index in [1.807, 2.05) is 30.0 Å². The number of nitriles is 1. The van der Waals surface area contributed by atoms with E-state index >= 15 is 0 Å². The van der Waals surface area contributed by atoms with Crippen molar-refractivity contribution in [2.45, 2.75) is 25.2 Å². The van der Waals surface area contributed by atoms with E-state index < -0.39 is 0 Å². The number of hydrogen-bond acceptors (Lipinski definition) is 2. The second kappa shape index (κ2) is 5.72. The SMILES string of the molecule is CC(C)CCSc1cccc(C#N)c1. The van der Waals surface area contributed by atoms with Gasteiger partial charge >= 0.3 is 0 Å². The highest BCUT2D eigenvalue weighted by Crippen LogP contribution is 2.21. The average Bonchev–Trinajstić information content (AvgIpc) is 2.18. The summed E-state index contributed by atoms with van der Waals surface area (Å²) in [5.74, 6) is 1.88. The molecule has 0 heterocycles. The third kappa shape index (κ3) is 3.85. The van der Waals surface area contributed by atoms with Crippen LogP contribution in [0, 0.1) is 17.2 Å². The maximum absolute atomic E-state index is 8.72. The Bertz CT molecular complexity index is 325. The Morgan fingerprint density at radius 3 is 2.86 bits per heavy atom. The van der Waals surface area contributed by atoms with Gasteiger partial charge in [-0.1, -0.05) is 19.9 Å². The second-order valence-electron chi connectivity index (χ2n) is 3.67. The number of rotatable bonds is 4. The molecule has 0 N–H and O–H groups in total. The van der Waals surface area contributed by atoms with E-state index in [1.54, 1.807) is 0 Å². The van der Waals surface area contributed by atoms with E-state index in [1.165, 1.54) is 11.3 Å². The summed E-state index contributed by atoms with van der Waals surface area (Å²) in [5, 5.41) is 8.72. The zero-order valence-corrected chi connectivity index (χ0v) is 9.47. The molecule has 2 heteroatoms. The minimum absolute atomic E-state index is 0.750. The molecule has 1 nitrogen and oxygen atoms in total. The predicted octanol–water partition coefficient (Wildman–Crippen LogP) is 3.70. The molecule has 74 valence electrons. The number of nitrogens with zero attached hydrogens (tertiary/aromatic N) is 1. The molecule has 0 radical (unpaired) electrons. The summed E-state index contributed by atoms with van der Waals surface area (Å²) >= 11 is 1.83. The molecule has 0 aliphatic heterocycles. The lowest BCUT2D eigenvalue weighted by Gasteiger charge is -2.04. The van der Waals surface area contributed by atoms with Crippen molar-refractivity contribution in [2.24, 2.45) is 5.92 Å². The molecule has 0 amide bonds. The summed E-state index contributed by atoms with van der Waals surface area (Å²) < 4.78 is 0. The van der Waals surface area contributed by atoms with Crippen molar-refractivity contribution in [1.29, 1.82) is 5.26 Å². The van der Waals surface area contributed by atoms with Gasteiger partial charge in [-0.2, -0.15) is 5.26 Å². The van der Waals surface area contributed by atoms with Crippen molar-refractivity contribution in [2.75, 3.05) is 5.75 Å². The first-order valence-corrected chi connectivity index (χ1v) is 5.84. The zero-order valence-electron chi connectivity index (χ0n) is 8.66. The quantitative estimate of drug-likeness (QED) is 0.700. The van der Waals surface area contributed by atoms with Crippen LogP contribution in [0.2, 0.25) is 0 Å². The number of thioether (sulfide) groups is 1. The number of benzene rings is 1. The molecular weight excluding hydrogens is 190 g/mol. The van der Waals surface area contributed by atoms with E-state index in [9.17, 15) is 0 Å². The monoisotopic (exact) mass is 205 g/mol. The van der Waals surface area contributed by atoms with E-state index in [-0.39, 0.29) is 0 Å². The molecular formula is C12H15NS. The highest BCUT2D eigenvalue weighted by molar-refractivity contribution is 7.99. The molecule has 0 spiro atoms. The molecule has 0 unspecified atom stereocenters. The van der Waals surface area contributed by atoms with Gasteiger partial charge in [0.05, 0.1) is 11.6 Å². The summed E-state index contributed by atoms with van der Waals surface area (Å²) in [7, 11) is 0. The molecule has 0 saturated carbocycles. The molecule has 0 saturated heterocycles. The third-order valence-electron chi connectivity index (χ3n) is 1.93. The van der Waals surface area contributed by atoms with Crippen LogP contribution < -0.4 is 0 Å². The Labute approximate surface area is 90.1 Å². The van der Waals surface area contributed by atoms with Crippen molar-refractivity contribution >= 4 is 11.8 Å². The first-order valence-electron chi connectivity index (χ1n) is 4.85. The normalized spacial score (nSPS) is 10.1. The molecule has 0 aliphatic carbocycles. The summed E-state index contributed by atoms with van der Waals surface area (Å²) in [6, 6.07) is 9.94. The van der Waals surface area contributed by atoms with Crippen LogP contribution in [0.4, 0.5) is 0 Å². The van der Waals surface area contributed by atoms with E-state index in [2.05, 4.69) is 26.0 Å². The van der Waals surface area contributed by atoms with Crippen LogP contribution in [0.1, 0.15) is 25.8 Å². The van der Waals surface area contributed by atoms with Gasteiger partial charge in [-0.3, -0.25) is 0 Å². The van der Waals surface area contributed by atoms with Crippen LogP contribution in [0.25, 0.3) is 0 Å². The Morgan fingerprint density at radius 2 is 2.21 bits per heavy atom. The fourth-order valence-corrected chi connectivity index (χ4v) is 2.28. The minimum atomic E-state index is 0.750. The largest absolute Gasteiger partial charge is 0.192 e. The molecule has 1 aromatic carbocycles. The lowest BCUT2D eigenvalue weighted by molar-refractivity contribution is 0.632. The summed E-state index contributed by atoms with van der Waals surface area (Å²) in [5.41, 5.74) is 0.750. The molecule has 14 heavy (non-hydrogen) atoms. The van der Waals surface area contributed by atoms with Gasteiger partial charge in [0.15, 0.2) is 0 Å². The van der Waals surface area contributed by atoms with Crippen molar-refractivity contribution in [3.05, 3.63) is 29.8 Å². The third-order valence-corrected chi connectivity index (χ3v) is 2.95. The smallest absolute Gasteiger partial charge is 0.0992 e. The Balaban J connectivity index is 2.47. The molecule has 0 aromatic heterocycles. The van der Waals surface area contributed by atoms with Crippen molar-refractivity contribution in [3.63, 3.8) is 0 Å². The van der Waals surface area contributed by atoms with E-state index in [0.717, 1.165) is 17.2 Å². The average molecular weight is 205 g/mol. The van der Waals surface area contributed by atoms with Crippen LogP contribution in [0.15, 0.2) is 29.2 Å². The van der Waals surface area contributed by atoms with Crippen LogP contribution in [-0.4, -0.2) is 5.75 Å². The van der Waals surface area contributed by atoms with Crippen LogP contribution in [-0.2, 0) is 0 Å². The van der Waals surface area contributed by atoms with Crippen LogP contribution >= 0.6 is 11.8 Å². The zero-order chi connectivity index (χ0) is 10.4. The maximum Gasteiger partial charge on any atom is 0.0992 e. The fraction of sp³-hybridized carbons (Fsp3) is 0.417. The van der Waals surface area contributed by atoms with Gasteiger partial charge in [-0.25, -0.2) is 0 Å². The summed E-state index contributed by atoms with van der Waals surface area (Å²) in [6.07, 6.45) is 1.22. The van der Waals surface area contributed by atoms with Gasteiger partial charge in [0.1, 0.15) is 0 Å². The van der Waals surface area contributed by atoms with Gasteiger partial charge in [0.2, 0.25) is 0 Å². The molecule has 0 fully saturated rings. The molecule has 1 rings (SSSR count). The van der Waals surface area contributed by atoms with Gasteiger partial charge < -0.3 is 0 Å². The van der Waals surface area contributed by atoms with E-state index in [4.69, 9.17) is 5.26 Å². The van der Waals surface area contributed by atoms with Crippen LogP contribution in [0.5, 0.6) is 0 Å². The fourth-order valence-electron chi connectivity index (χ4n) is 1.07. The summed E-state index contributed by atoms with van der Waals surface area (Å²) in [6.45, 7) is 4.46. The van der Waals surface area contributed by atoms with Gasteiger partial charge in [0.25, 0.3) is 0 Å². The first kappa shape index (κ1) is 11.1. The first-order chi connectivity index (χ1) is 6.72. The second-order valence-corrected chi connectivity index (χ2v) is 4.84. The van der Waals surface area contributed by atoms with Gasteiger partial charge in [-0.05, 0) is 36.3 Å². The van der Waals surface area contributed by atoms with Crippen molar-refractivity contribution in [1.82, 2.24) is 0 Å². The standard InChI is InChI=1S/C12H15NS/c1-10(2)6-7-14-12-5-3-4-11(8-12)9-13/h3-5,8,10H,6-7H2,1-2H3. The molecule has 0 atom stereocenters. The molecule has 1 aromatic rings. The Hall–Kier alpha value is -0.940. The highest BCUT2D eigenvalue weighted by atomic mass is 32.2. The maximum atomic E-state index is 8.72.